The average molecular weight is 389 g/mol. The fourth-order valence-corrected chi connectivity index (χ4v) is 3.18. The summed E-state index contributed by atoms with van der Waals surface area (Å²) >= 11 is 5.24. The monoisotopic (exact) mass is 389 g/mol. The maximum Gasteiger partial charge on any atom is 0.336 e. The van der Waals surface area contributed by atoms with Crippen molar-refractivity contribution in [2.45, 2.75) is 11.8 Å². The Morgan fingerprint density at radius 3 is 2.31 bits per heavy atom. The van der Waals surface area contributed by atoms with Gasteiger partial charge in [0.2, 0.25) is 10.0 Å². The van der Waals surface area contributed by atoms with Crippen LogP contribution in [-0.4, -0.2) is 13.5 Å². The first-order valence-electron chi connectivity index (χ1n) is 7.48. The van der Waals surface area contributed by atoms with Gasteiger partial charge in [0, 0.05) is 28.9 Å². The molecule has 0 amide bonds. The number of sulfonamides is 1. The quantitative estimate of drug-likeness (QED) is 0.466. The molecule has 0 spiro atoms. The fraction of sp³-hybridized carbons (Fsp3) is 0.0588. The van der Waals surface area contributed by atoms with Crippen molar-refractivity contribution in [3.63, 3.8) is 0 Å². The number of thiocarbonyl (C=S) groups is 1. The number of benzene rings is 2. The minimum Gasteiger partial charge on any atom is -0.423 e. The first kappa shape index (κ1) is 18.1. The van der Waals surface area contributed by atoms with Crippen molar-refractivity contribution in [1.82, 2.24) is 0 Å². The van der Waals surface area contributed by atoms with Crippen LogP contribution in [-0.2, 0) is 10.0 Å². The highest BCUT2D eigenvalue weighted by Crippen LogP contribution is 2.21. The second-order valence-corrected chi connectivity index (χ2v) is 7.58. The van der Waals surface area contributed by atoms with E-state index in [1.54, 1.807) is 18.2 Å². The van der Waals surface area contributed by atoms with E-state index in [9.17, 15) is 13.2 Å². The molecule has 0 aliphatic carbocycles. The molecule has 1 aromatic heterocycles. The Kier molecular flexibility index (Phi) is 4.77. The summed E-state index contributed by atoms with van der Waals surface area (Å²) in [5.41, 5.74) is 2.12. The van der Waals surface area contributed by atoms with Crippen LogP contribution in [0.4, 0.5) is 11.4 Å². The van der Waals surface area contributed by atoms with Crippen LogP contribution in [0.5, 0.6) is 0 Å². The third-order valence-corrected chi connectivity index (χ3v) is 4.78. The zero-order valence-corrected chi connectivity index (χ0v) is 15.3. The van der Waals surface area contributed by atoms with E-state index in [2.05, 4.69) is 10.6 Å². The third-order valence-electron chi connectivity index (χ3n) is 3.65. The van der Waals surface area contributed by atoms with Crippen LogP contribution in [0.15, 0.2) is 62.6 Å². The van der Waals surface area contributed by atoms with Gasteiger partial charge in [0.15, 0.2) is 5.11 Å². The van der Waals surface area contributed by atoms with Crippen molar-refractivity contribution in [2.24, 2.45) is 5.14 Å². The molecular formula is C17H15N3O4S2. The number of anilines is 2. The molecule has 0 aliphatic heterocycles. The summed E-state index contributed by atoms with van der Waals surface area (Å²) in [7, 11) is -3.74. The highest BCUT2D eigenvalue weighted by molar-refractivity contribution is 7.89. The largest absolute Gasteiger partial charge is 0.423 e. The van der Waals surface area contributed by atoms with E-state index < -0.39 is 15.6 Å². The molecule has 0 aliphatic rings. The number of primary sulfonamides is 1. The Hall–Kier alpha value is -2.75. The molecule has 0 fully saturated rings. The molecule has 0 radical (unpaired) electrons. The van der Waals surface area contributed by atoms with Crippen LogP contribution in [0.2, 0.25) is 0 Å². The molecule has 3 aromatic rings. The Balaban J connectivity index is 1.76. The lowest BCUT2D eigenvalue weighted by molar-refractivity contribution is 0.560. The van der Waals surface area contributed by atoms with E-state index in [4.69, 9.17) is 21.8 Å². The lowest BCUT2D eigenvalue weighted by atomic mass is 10.1. The number of fused-ring (bicyclic) bond motifs is 1. The third kappa shape index (κ3) is 4.07. The maximum absolute atomic E-state index is 11.5. The summed E-state index contributed by atoms with van der Waals surface area (Å²) < 4.78 is 27.7. The maximum atomic E-state index is 11.5. The van der Waals surface area contributed by atoms with Gasteiger partial charge in [0.05, 0.1) is 4.90 Å². The van der Waals surface area contributed by atoms with Crippen molar-refractivity contribution in [1.29, 1.82) is 0 Å². The number of aryl methyl sites for hydroxylation is 1. The molecule has 9 heteroatoms. The summed E-state index contributed by atoms with van der Waals surface area (Å²) in [6.45, 7) is 1.84. The Labute approximate surface area is 154 Å². The smallest absolute Gasteiger partial charge is 0.336 e. The Bertz CT molecular complexity index is 1150. The molecule has 2 aromatic carbocycles. The highest BCUT2D eigenvalue weighted by atomic mass is 32.2. The van der Waals surface area contributed by atoms with E-state index >= 15 is 0 Å². The highest BCUT2D eigenvalue weighted by Gasteiger charge is 2.08. The van der Waals surface area contributed by atoms with Gasteiger partial charge >= 0.3 is 5.63 Å². The molecule has 7 nitrogen and oxygen atoms in total. The van der Waals surface area contributed by atoms with E-state index in [-0.39, 0.29) is 4.90 Å². The zero-order chi connectivity index (χ0) is 18.9. The first-order chi connectivity index (χ1) is 12.2. The van der Waals surface area contributed by atoms with Crippen molar-refractivity contribution in [3.05, 3.63) is 64.5 Å². The van der Waals surface area contributed by atoms with Gasteiger partial charge in [-0.25, -0.2) is 18.4 Å². The van der Waals surface area contributed by atoms with Crippen molar-refractivity contribution < 1.29 is 12.8 Å². The molecular weight excluding hydrogens is 374 g/mol. The van der Waals surface area contributed by atoms with Gasteiger partial charge < -0.3 is 15.1 Å². The second-order valence-electron chi connectivity index (χ2n) is 5.61. The molecule has 3 rings (SSSR count). The van der Waals surface area contributed by atoms with Crippen LogP contribution in [0, 0.1) is 6.92 Å². The van der Waals surface area contributed by atoms with Crippen molar-refractivity contribution in [3.8, 4) is 0 Å². The van der Waals surface area contributed by atoms with Gasteiger partial charge in [0.1, 0.15) is 5.58 Å². The molecule has 1 heterocycles. The van der Waals surface area contributed by atoms with Crippen LogP contribution in [0.1, 0.15) is 5.56 Å². The van der Waals surface area contributed by atoms with Crippen LogP contribution in [0.25, 0.3) is 11.0 Å². The molecule has 0 saturated carbocycles. The second kappa shape index (κ2) is 6.87. The number of hydrogen-bond acceptors (Lipinski definition) is 5. The molecule has 0 bridgehead atoms. The van der Waals surface area contributed by atoms with Crippen molar-refractivity contribution in [2.75, 3.05) is 10.6 Å². The molecule has 4 N–H and O–H groups in total. The number of rotatable bonds is 3. The van der Waals surface area contributed by atoms with E-state index in [0.29, 0.717) is 22.1 Å². The van der Waals surface area contributed by atoms with E-state index in [1.165, 1.54) is 18.2 Å². The Morgan fingerprint density at radius 1 is 1.04 bits per heavy atom. The van der Waals surface area contributed by atoms with Gasteiger partial charge in [-0.3, -0.25) is 0 Å². The van der Waals surface area contributed by atoms with Gasteiger partial charge in [-0.15, -0.1) is 0 Å². The average Bonchev–Trinajstić information content (AvgIpc) is 2.53. The number of hydrogen-bond donors (Lipinski definition) is 3. The zero-order valence-electron chi connectivity index (χ0n) is 13.6. The number of nitrogens with one attached hydrogen (secondary N) is 2. The van der Waals surface area contributed by atoms with Gasteiger partial charge in [-0.2, -0.15) is 0 Å². The standard InChI is InChI=1S/C17H15N3O4S2/c1-10-8-16(21)24-15-9-12(4-7-14(10)15)20-17(25)19-11-2-5-13(6-3-11)26(18,22)23/h2-9H,1H3,(H2,18,22,23)(H2,19,20,25). The molecule has 0 unspecified atom stereocenters. The summed E-state index contributed by atoms with van der Waals surface area (Å²) in [5.74, 6) is 0. The first-order valence-corrected chi connectivity index (χ1v) is 9.43. The SMILES string of the molecule is Cc1cc(=O)oc2cc(NC(=S)Nc3ccc(S(N)(=O)=O)cc3)ccc12. The molecule has 0 saturated heterocycles. The normalized spacial score (nSPS) is 11.3. The van der Waals surface area contributed by atoms with Crippen molar-refractivity contribution >= 4 is 49.7 Å². The van der Waals surface area contributed by atoms with Crippen LogP contribution in [0.3, 0.4) is 0 Å². The lowest BCUT2D eigenvalue weighted by Gasteiger charge is -2.11. The van der Waals surface area contributed by atoms with Gasteiger partial charge in [-0.05, 0) is 61.1 Å². The topological polar surface area (TPSA) is 114 Å². The summed E-state index contributed by atoms with van der Waals surface area (Å²) in [5, 5.41) is 12.1. The predicted molar refractivity (Wildman–Crippen MR) is 105 cm³/mol. The minimum atomic E-state index is -3.74. The van der Waals surface area contributed by atoms with Gasteiger partial charge in [-0.1, -0.05) is 0 Å². The molecule has 0 atom stereocenters. The lowest BCUT2D eigenvalue weighted by Crippen LogP contribution is -2.19. The van der Waals surface area contributed by atoms with E-state index in [0.717, 1.165) is 10.9 Å². The molecule has 134 valence electrons. The van der Waals surface area contributed by atoms with Crippen LogP contribution < -0.4 is 21.4 Å². The van der Waals surface area contributed by atoms with E-state index in [1.807, 2.05) is 19.1 Å². The summed E-state index contributed by atoms with van der Waals surface area (Å²) in [6, 6.07) is 12.6. The van der Waals surface area contributed by atoms with Crippen LogP contribution >= 0.6 is 12.2 Å². The number of nitrogens with two attached hydrogens (primary N) is 1. The Morgan fingerprint density at radius 2 is 1.65 bits per heavy atom. The minimum absolute atomic E-state index is 0.0156. The summed E-state index contributed by atoms with van der Waals surface area (Å²) in [6.07, 6.45) is 0. The molecule has 26 heavy (non-hydrogen) atoms. The predicted octanol–water partition coefficient (Wildman–Crippen LogP) is 2.56. The fourth-order valence-electron chi connectivity index (χ4n) is 2.42. The summed E-state index contributed by atoms with van der Waals surface area (Å²) in [4.78, 5) is 11.5. The van der Waals surface area contributed by atoms with Gasteiger partial charge in [0.25, 0.3) is 0 Å².